The molecule has 82 valence electrons. The molecule has 0 amide bonds. The normalized spacial score (nSPS) is 35.1. The Kier molecular flexibility index (Phi) is 3.10. The monoisotopic (exact) mass is 198 g/mol. The van der Waals surface area contributed by atoms with Gasteiger partial charge >= 0.3 is 0 Å². The zero-order valence-electron chi connectivity index (χ0n) is 9.32. The lowest BCUT2D eigenvalue weighted by molar-refractivity contribution is -0.00829. The van der Waals surface area contributed by atoms with E-state index in [9.17, 15) is 5.11 Å². The molecule has 1 saturated heterocycles. The van der Waals surface area contributed by atoms with Crippen LogP contribution in [-0.4, -0.2) is 60.8 Å². The number of hydrogen-bond acceptors (Lipinski definition) is 3. The van der Waals surface area contributed by atoms with Crippen LogP contribution in [0, 0.1) is 5.92 Å². The summed E-state index contributed by atoms with van der Waals surface area (Å²) in [6.45, 7) is 3.58. The minimum atomic E-state index is -0.0460. The number of hydrogen-bond donors (Lipinski definition) is 1. The summed E-state index contributed by atoms with van der Waals surface area (Å²) in [5.74, 6) is 0.831. The fraction of sp³-hybridized carbons (Fsp3) is 1.00. The second-order valence-corrected chi connectivity index (χ2v) is 5.15. The first-order valence-electron chi connectivity index (χ1n) is 5.73. The molecule has 1 saturated carbocycles. The molecule has 14 heavy (non-hydrogen) atoms. The molecule has 1 N–H and O–H groups in total. The van der Waals surface area contributed by atoms with E-state index in [4.69, 9.17) is 0 Å². The standard InChI is InChI=1S/C11H22N2O/c1-12(2)6-9-7-13(8-9)10-4-3-5-11(10)14/h9-11,14H,3-8H2,1-2H3/t10-,11-/m0/s1. The van der Waals surface area contributed by atoms with Gasteiger partial charge in [0.25, 0.3) is 0 Å². The molecule has 2 atom stereocenters. The Balaban J connectivity index is 1.72. The fourth-order valence-electron chi connectivity index (χ4n) is 2.86. The van der Waals surface area contributed by atoms with Crippen molar-refractivity contribution < 1.29 is 5.11 Å². The van der Waals surface area contributed by atoms with Crippen LogP contribution in [0.1, 0.15) is 19.3 Å². The number of nitrogens with zero attached hydrogens (tertiary/aromatic N) is 2. The molecule has 0 aromatic rings. The summed E-state index contributed by atoms with van der Waals surface area (Å²) in [7, 11) is 4.26. The molecule has 3 heteroatoms. The highest BCUT2D eigenvalue weighted by atomic mass is 16.3. The Morgan fingerprint density at radius 3 is 2.50 bits per heavy atom. The van der Waals surface area contributed by atoms with Crippen LogP contribution in [0.25, 0.3) is 0 Å². The molecule has 0 bridgehead atoms. The third-order valence-corrected chi connectivity index (χ3v) is 3.52. The summed E-state index contributed by atoms with van der Waals surface area (Å²) in [5.41, 5.74) is 0. The van der Waals surface area contributed by atoms with Gasteiger partial charge in [-0.25, -0.2) is 0 Å². The molecular formula is C11H22N2O. The molecule has 3 nitrogen and oxygen atoms in total. The molecule has 2 rings (SSSR count). The fourth-order valence-corrected chi connectivity index (χ4v) is 2.86. The SMILES string of the molecule is CN(C)CC1CN([C@H]2CCC[C@@H]2O)C1. The van der Waals surface area contributed by atoms with E-state index >= 15 is 0 Å². The van der Waals surface area contributed by atoms with Crippen LogP contribution in [0.5, 0.6) is 0 Å². The number of likely N-dealkylation sites (tertiary alicyclic amines) is 1. The van der Waals surface area contributed by atoms with Gasteiger partial charge in [0, 0.05) is 25.7 Å². The predicted molar refractivity (Wildman–Crippen MR) is 57.3 cm³/mol. The van der Waals surface area contributed by atoms with E-state index in [-0.39, 0.29) is 6.10 Å². The smallest absolute Gasteiger partial charge is 0.0695 e. The average molecular weight is 198 g/mol. The molecule has 2 fully saturated rings. The molecule has 0 radical (unpaired) electrons. The molecule has 0 unspecified atom stereocenters. The van der Waals surface area contributed by atoms with Gasteiger partial charge in [0.15, 0.2) is 0 Å². The first-order valence-corrected chi connectivity index (χ1v) is 5.73. The first kappa shape index (κ1) is 10.4. The minimum Gasteiger partial charge on any atom is -0.391 e. The van der Waals surface area contributed by atoms with Crippen molar-refractivity contribution in [2.75, 3.05) is 33.7 Å². The van der Waals surface area contributed by atoms with Crippen LogP contribution in [0.3, 0.4) is 0 Å². The molecule has 0 aromatic heterocycles. The maximum absolute atomic E-state index is 9.74. The van der Waals surface area contributed by atoms with Crippen LogP contribution in [-0.2, 0) is 0 Å². The molecule has 0 aromatic carbocycles. The van der Waals surface area contributed by atoms with E-state index < -0.39 is 0 Å². The quantitative estimate of drug-likeness (QED) is 0.711. The lowest BCUT2D eigenvalue weighted by atomic mass is 9.96. The van der Waals surface area contributed by atoms with Crippen molar-refractivity contribution in [3.05, 3.63) is 0 Å². The second-order valence-electron chi connectivity index (χ2n) is 5.15. The predicted octanol–water partition coefficient (Wildman–Crippen LogP) is 0.393. The largest absolute Gasteiger partial charge is 0.391 e. The van der Waals surface area contributed by atoms with Gasteiger partial charge in [-0.15, -0.1) is 0 Å². The minimum absolute atomic E-state index is 0.0460. The Hall–Kier alpha value is -0.120. The van der Waals surface area contributed by atoms with Crippen molar-refractivity contribution in [3.8, 4) is 0 Å². The van der Waals surface area contributed by atoms with Crippen molar-refractivity contribution in [1.29, 1.82) is 0 Å². The Morgan fingerprint density at radius 2 is 2.00 bits per heavy atom. The van der Waals surface area contributed by atoms with E-state index in [1.807, 2.05) is 0 Å². The molecule has 2 aliphatic rings. The number of aliphatic hydroxyl groups is 1. The van der Waals surface area contributed by atoms with Crippen molar-refractivity contribution in [3.63, 3.8) is 0 Å². The van der Waals surface area contributed by atoms with Gasteiger partial charge in [0.1, 0.15) is 0 Å². The average Bonchev–Trinajstić information content (AvgIpc) is 2.42. The topological polar surface area (TPSA) is 26.7 Å². The summed E-state index contributed by atoms with van der Waals surface area (Å²) in [4.78, 5) is 4.72. The van der Waals surface area contributed by atoms with Gasteiger partial charge in [-0.2, -0.15) is 0 Å². The maximum Gasteiger partial charge on any atom is 0.0695 e. The Labute approximate surface area is 86.7 Å². The zero-order chi connectivity index (χ0) is 10.1. The summed E-state index contributed by atoms with van der Waals surface area (Å²) >= 11 is 0. The van der Waals surface area contributed by atoms with Gasteiger partial charge in [0.05, 0.1) is 6.10 Å². The van der Waals surface area contributed by atoms with Crippen LogP contribution in [0.2, 0.25) is 0 Å². The lowest BCUT2D eigenvalue weighted by Crippen LogP contribution is -2.56. The highest BCUT2D eigenvalue weighted by Crippen LogP contribution is 2.29. The van der Waals surface area contributed by atoms with E-state index in [1.54, 1.807) is 0 Å². The molecule has 1 aliphatic carbocycles. The second kappa shape index (κ2) is 4.17. The number of rotatable bonds is 3. The van der Waals surface area contributed by atoms with Gasteiger partial charge in [-0.3, -0.25) is 4.90 Å². The van der Waals surface area contributed by atoms with Gasteiger partial charge in [0.2, 0.25) is 0 Å². The molecule has 1 aliphatic heterocycles. The zero-order valence-corrected chi connectivity index (χ0v) is 9.32. The van der Waals surface area contributed by atoms with Crippen molar-refractivity contribution in [1.82, 2.24) is 9.80 Å². The van der Waals surface area contributed by atoms with E-state index in [1.165, 1.54) is 32.5 Å². The molecule has 0 spiro atoms. The van der Waals surface area contributed by atoms with E-state index in [2.05, 4.69) is 23.9 Å². The third kappa shape index (κ3) is 2.10. The highest BCUT2D eigenvalue weighted by Gasteiger charge is 2.37. The Morgan fingerprint density at radius 1 is 1.29 bits per heavy atom. The third-order valence-electron chi connectivity index (χ3n) is 3.52. The van der Waals surface area contributed by atoms with Crippen molar-refractivity contribution in [2.24, 2.45) is 5.92 Å². The van der Waals surface area contributed by atoms with Crippen molar-refractivity contribution in [2.45, 2.75) is 31.4 Å². The van der Waals surface area contributed by atoms with Gasteiger partial charge in [-0.1, -0.05) is 0 Å². The van der Waals surface area contributed by atoms with E-state index in [0.29, 0.717) is 6.04 Å². The lowest BCUT2D eigenvalue weighted by Gasteiger charge is -2.45. The summed E-state index contributed by atoms with van der Waals surface area (Å²) in [5, 5.41) is 9.74. The van der Waals surface area contributed by atoms with Crippen LogP contribution in [0.15, 0.2) is 0 Å². The Bertz CT molecular complexity index is 190. The van der Waals surface area contributed by atoms with Crippen molar-refractivity contribution >= 4 is 0 Å². The summed E-state index contributed by atoms with van der Waals surface area (Å²) < 4.78 is 0. The maximum atomic E-state index is 9.74. The van der Waals surface area contributed by atoms with E-state index in [0.717, 1.165) is 12.3 Å². The van der Waals surface area contributed by atoms with Gasteiger partial charge in [-0.05, 0) is 39.3 Å². The van der Waals surface area contributed by atoms with Gasteiger partial charge < -0.3 is 10.0 Å². The van der Waals surface area contributed by atoms with Crippen LogP contribution in [0.4, 0.5) is 0 Å². The molecule has 1 heterocycles. The highest BCUT2D eigenvalue weighted by molar-refractivity contribution is 4.92. The first-order chi connectivity index (χ1) is 6.66. The van der Waals surface area contributed by atoms with Crippen LogP contribution >= 0.6 is 0 Å². The molecular weight excluding hydrogens is 176 g/mol. The number of aliphatic hydroxyl groups excluding tert-OH is 1. The summed E-state index contributed by atoms with van der Waals surface area (Å²) in [6, 6.07) is 0.480. The summed E-state index contributed by atoms with van der Waals surface area (Å²) in [6.07, 6.45) is 3.38. The van der Waals surface area contributed by atoms with Crippen LogP contribution < -0.4 is 0 Å².